The summed E-state index contributed by atoms with van der Waals surface area (Å²) in [5, 5.41) is 8.52. The minimum absolute atomic E-state index is 0.00102. The second-order valence-corrected chi connectivity index (χ2v) is 4.83. The molecule has 2 saturated heterocycles. The molecule has 2 aliphatic heterocycles. The monoisotopic (exact) mass is 243 g/mol. The molecular weight excluding hydrogens is 226 g/mol. The summed E-state index contributed by atoms with van der Waals surface area (Å²) in [6, 6.07) is 0. The summed E-state index contributed by atoms with van der Waals surface area (Å²) in [6.45, 7) is 3.03. The van der Waals surface area contributed by atoms with Crippen LogP contribution in [0.3, 0.4) is 0 Å². The van der Waals surface area contributed by atoms with Gasteiger partial charge in [0.15, 0.2) is 0 Å². The molecule has 6 heteroatoms. The minimum Gasteiger partial charge on any atom is -0.480 e. The van der Waals surface area contributed by atoms with Crippen LogP contribution in [0.4, 0.5) is 0 Å². The fourth-order valence-corrected chi connectivity index (χ4v) is 2.22. The van der Waals surface area contributed by atoms with Crippen LogP contribution in [0.1, 0.15) is 19.8 Å². The van der Waals surface area contributed by atoms with Crippen LogP contribution in [0.25, 0.3) is 0 Å². The number of carbonyl (C=O) groups is 2. The summed E-state index contributed by atoms with van der Waals surface area (Å²) < 4.78 is 10.5. The lowest BCUT2D eigenvalue weighted by molar-refractivity contribution is -0.178. The van der Waals surface area contributed by atoms with Crippen molar-refractivity contribution in [1.82, 2.24) is 4.90 Å². The van der Waals surface area contributed by atoms with E-state index in [0.717, 1.165) is 12.8 Å². The zero-order chi connectivity index (χ0) is 12.5. The molecule has 2 fully saturated rings. The Morgan fingerprint density at radius 1 is 1.53 bits per heavy atom. The summed E-state index contributed by atoms with van der Waals surface area (Å²) in [5.41, 5.74) is -0.521. The Labute approximate surface area is 99.5 Å². The summed E-state index contributed by atoms with van der Waals surface area (Å²) in [6.07, 6.45) is 1.40. The van der Waals surface area contributed by atoms with Crippen molar-refractivity contribution in [2.75, 3.05) is 26.3 Å². The molecular formula is C11H17NO5. The molecule has 0 radical (unpaired) electrons. The maximum absolute atomic E-state index is 11.9. The second-order valence-electron chi connectivity index (χ2n) is 4.83. The maximum atomic E-state index is 11.9. The topological polar surface area (TPSA) is 76.1 Å². The van der Waals surface area contributed by atoms with Gasteiger partial charge < -0.3 is 19.5 Å². The number of amides is 1. The lowest BCUT2D eigenvalue weighted by Gasteiger charge is -2.47. The summed E-state index contributed by atoms with van der Waals surface area (Å²) in [7, 11) is 0. The molecule has 0 spiro atoms. The standard InChI is InChI=1S/C11H17NO5/c1-11(17-5-9(13)14)6-12(7-11)10(15)8-3-2-4-16-8/h8H,2-7H2,1H3,(H,13,14)/t8-/m1/s1. The lowest BCUT2D eigenvalue weighted by atomic mass is 9.95. The molecule has 0 aliphatic carbocycles. The van der Waals surface area contributed by atoms with Gasteiger partial charge in [0.05, 0.1) is 13.1 Å². The van der Waals surface area contributed by atoms with Crippen LogP contribution in [-0.2, 0) is 19.1 Å². The number of aliphatic carboxylic acids is 1. The Hall–Kier alpha value is -1.14. The molecule has 0 unspecified atom stereocenters. The van der Waals surface area contributed by atoms with E-state index in [4.69, 9.17) is 14.6 Å². The Morgan fingerprint density at radius 3 is 2.76 bits per heavy atom. The van der Waals surface area contributed by atoms with Crippen molar-refractivity contribution in [3.05, 3.63) is 0 Å². The second kappa shape index (κ2) is 4.62. The highest BCUT2D eigenvalue weighted by atomic mass is 16.5. The zero-order valence-electron chi connectivity index (χ0n) is 9.85. The first-order chi connectivity index (χ1) is 8.00. The van der Waals surface area contributed by atoms with E-state index in [2.05, 4.69) is 0 Å². The molecule has 1 atom stereocenters. The molecule has 17 heavy (non-hydrogen) atoms. The number of hydrogen-bond acceptors (Lipinski definition) is 4. The van der Waals surface area contributed by atoms with Crippen molar-refractivity contribution in [2.45, 2.75) is 31.5 Å². The van der Waals surface area contributed by atoms with Gasteiger partial charge in [0.1, 0.15) is 18.3 Å². The molecule has 2 heterocycles. The molecule has 0 aromatic heterocycles. The van der Waals surface area contributed by atoms with Crippen LogP contribution < -0.4 is 0 Å². The Balaban J connectivity index is 1.77. The molecule has 96 valence electrons. The van der Waals surface area contributed by atoms with Gasteiger partial charge in [0, 0.05) is 6.61 Å². The highest BCUT2D eigenvalue weighted by Crippen LogP contribution is 2.27. The summed E-state index contributed by atoms with van der Waals surface area (Å²) in [5.74, 6) is -0.992. The summed E-state index contributed by atoms with van der Waals surface area (Å²) >= 11 is 0. The Kier molecular flexibility index (Phi) is 3.35. The van der Waals surface area contributed by atoms with Gasteiger partial charge in [-0.15, -0.1) is 0 Å². The number of rotatable bonds is 4. The van der Waals surface area contributed by atoms with E-state index in [1.54, 1.807) is 4.90 Å². The average molecular weight is 243 g/mol. The fraction of sp³-hybridized carbons (Fsp3) is 0.818. The number of nitrogens with zero attached hydrogens (tertiary/aromatic N) is 1. The van der Waals surface area contributed by atoms with E-state index in [9.17, 15) is 9.59 Å². The molecule has 1 N–H and O–H groups in total. The van der Waals surface area contributed by atoms with Gasteiger partial charge in [-0.25, -0.2) is 4.79 Å². The van der Waals surface area contributed by atoms with E-state index in [1.807, 2.05) is 6.92 Å². The molecule has 0 aromatic carbocycles. The first kappa shape index (κ1) is 12.3. The van der Waals surface area contributed by atoms with Crippen LogP contribution in [0.5, 0.6) is 0 Å². The van der Waals surface area contributed by atoms with Crippen molar-refractivity contribution in [2.24, 2.45) is 0 Å². The Bertz CT molecular complexity index is 318. The maximum Gasteiger partial charge on any atom is 0.329 e. The molecule has 2 aliphatic rings. The van der Waals surface area contributed by atoms with Gasteiger partial charge in [0.2, 0.25) is 0 Å². The number of likely N-dealkylation sites (tertiary alicyclic amines) is 1. The quantitative estimate of drug-likeness (QED) is 0.744. The van der Waals surface area contributed by atoms with Crippen molar-refractivity contribution < 1.29 is 24.2 Å². The van der Waals surface area contributed by atoms with E-state index in [1.165, 1.54) is 0 Å². The third kappa shape index (κ3) is 2.76. The predicted octanol–water partition coefficient (Wildman–Crippen LogP) is -0.132. The van der Waals surface area contributed by atoms with Crippen LogP contribution in [-0.4, -0.2) is 59.9 Å². The Morgan fingerprint density at radius 2 is 2.24 bits per heavy atom. The third-order valence-electron chi connectivity index (χ3n) is 3.11. The van der Waals surface area contributed by atoms with Gasteiger partial charge in [-0.05, 0) is 19.8 Å². The van der Waals surface area contributed by atoms with E-state index >= 15 is 0 Å². The van der Waals surface area contributed by atoms with Crippen LogP contribution >= 0.6 is 0 Å². The molecule has 2 rings (SSSR count). The molecule has 0 bridgehead atoms. The van der Waals surface area contributed by atoms with Gasteiger partial charge in [-0.2, -0.15) is 0 Å². The van der Waals surface area contributed by atoms with E-state index in [0.29, 0.717) is 19.7 Å². The number of carboxylic acids is 1. The van der Waals surface area contributed by atoms with Gasteiger partial charge in [-0.1, -0.05) is 0 Å². The first-order valence-corrected chi connectivity index (χ1v) is 5.76. The van der Waals surface area contributed by atoms with E-state index in [-0.39, 0.29) is 18.6 Å². The van der Waals surface area contributed by atoms with Crippen molar-refractivity contribution in [3.8, 4) is 0 Å². The predicted molar refractivity (Wildman–Crippen MR) is 57.5 cm³/mol. The van der Waals surface area contributed by atoms with Gasteiger partial charge >= 0.3 is 5.97 Å². The number of carboxylic acid groups (broad SMARTS) is 1. The highest BCUT2D eigenvalue weighted by Gasteiger charge is 2.45. The normalized spacial score (nSPS) is 26.6. The fourth-order valence-electron chi connectivity index (χ4n) is 2.22. The zero-order valence-corrected chi connectivity index (χ0v) is 9.85. The van der Waals surface area contributed by atoms with Crippen LogP contribution in [0.2, 0.25) is 0 Å². The molecule has 6 nitrogen and oxygen atoms in total. The van der Waals surface area contributed by atoms with Crippen molar-refractivity contribution >= 4 is 11.9 Å². The smallest absolute Gasteiger partial charge is 0.329 e. The minimum atomic E-state index is -0.991. The van der Waals surface area contributed by atoms with Crippen molar-refractivity contribution in [1.29, 1.82) is 0 Å². The summed E-state index contributed by atoms with van der Waals surface area (Å²) in [4.78, 5) is 23.9. The average Bonchev–Trinajstić information content (AvgIpc) is 2.74. The van der Waals surface area contributed by atoms with E-state index < -0.39 is 11.6 Å². The van der Waals surface area contributed by atoms with Crippen LogP contribution in [0, 0.1) is 0 Å². The van der Waals surface area contributed by atoms with Crippen LogP contribution in [0.15, 0.2) is 0 Å². The SMILES string of the molecule is CC1(OCC(=O)O)CN(C(=O)[C@H]2CCCO2)C1. The molecule has 1 amide bonds. The number of ether oxygens (including phenoxy) is 2. The van der Waals surface area contributed by atoms with Gasteiger partial charge in [-0.3, -0.25) is 4.79 Å². The first-order valence-electron chi connectivity index (χ1n) is 5.76. The third-order valence-corrected chi connectivity index (χ3v) is 3.11. The number of hydrogen-bond donors (Lipinski definition) is 1. The van der Waals surface area contributed by atoms with Crippen molar-refractivity contribution in [3.63, 3.8) is 0 Å². The molecule has 0 aromatic rings. The molecule has 0 saturated carbocycles. The van der Waals surface area contributed by atoms with Gasteiger partial charge in [0.25, 0.3) is 5.91 Å². The number of carbonyl (C=O) groups excluding carboxylic acids is 1. The highest BCUT2D eigenvalue weighted by molar-refractivity contribution is 5.82. The largest absolute Gasteiger partial charge is 0.480 e. The lowest BCUT2D eigenvalue weighted by Crippen LogP contribution is -2.65.